The van der Waals surface area contributed by atoms with Crippen LogP contribution in [0.15, 0.2) is 12.1 Å². The molecule has 4 rings (SSSR count). The maximum absolute atomic E-state index is 12.7. The van der Waals surface area contributed by atoms with Gasteiger partial charge in [-0.2, -0.15) is 0 Å². The van der Waals surface area contributed by atoms with Gasteiger partial charge in [0.2, 0.25) is 0 Å². The zero-order valence-electron chi connectivity index (χ0n) is 13.2. The van der Waals surface area contributed by atoms with E-state index in [0.29, 0.717) is 18.4 Å². The highest BCUT2D eigenvalue weighted by molar-refractivity contribution is 9.12. The molecule has 0 radical (unpaired) electrons. The largest absolute Gasteiger partial charge is 0.504 e. The molecule has 3 N–H and O–H groups in total. The summed E-state index contributed by atoms with van der Waals surface area (Å²) in [6.45, 7) is 0.809. The zero-order valence-corrected chi connectivity index (χ0v) is 16.3. The number of ketones is 1. The van der Waals surface area contributed by atoms with Crippen molar-refractivity contribution in [1.82, 2.24) is 4.90 Å². The van der Waals surface area contributed by atoms with E-state index < -0.39 is 14.8 Å². The molecule has 1 aromatic rings. The number of halogens is 2. The number of piperidine rings is 1. The van der Waals surface area contributed by atoms with E-state index in [1.165, 1.54) is 6.07 Å². The maximum Gasteiger partial charge on any atom is 0.190 e. The maximum atomic E-state index is 12.7. The summed E-state index contributed by atoms with van der Waals surface area (Å²) in [5.41, 5.74) is 1.10. The van der Waals surface area contributed by atoms with Gasteiger partial charge in [0.25, 0.3) is 0 Å². The van der Waals surface area contributed by atoms with Gasteiger partial charge < -0.3 is 20.2 Å². The lowest BCUT2D eigenvalue weighted by Gasteiger charge is -2.61. The lowest BCUT2D eigenvalue weighted by molar-refractivity contribution is -0.140. The fourth-order valence-electron chi connectivity index (χ4n) is 5.07. The van der Waals surface area contributed by atoms with Crippen molar-refractivity contribution in [1.29, 1.82) is 0 Å². The number of likely N-dealkylation sites (tertiary alicyclic amines) is 1. The summed E-state index contributed by atoms with van der Waals surface area (Å²) >= 11 is 6.79. The van der Waals surface area contributed by atoms with Crippen molar-refractivity contribution in [2.45, 2.75) is 40.1 Å². The molecule has 24 heavy (non-hydrogen) atoms. The lowest BCUT2D eigenvalue weighted by atomic mass is 9.51. The smallest absolute Gasteiger partial charge is 0.190 e. The highest BCUT2D eigenvalue weighted by Crippen LogP contribution is 2.61. The summed E-state index contributed by atoms with van der Waals surface area (Å²) in [5, 5.41) is 31.3. The van der Waals surface area contributed by atoms with Crippen molar-refractivity contribution in [3.05, 3.63) is 23.3 Å². The third-order valence-electron chi connectivity index (χ3n) is 6.25. The Kier molecular flexibility index (Phi) is 3.64. The Morgan fingerprint density at radius 2 is 2.04 bits per heavy atom. The number of aliphatic hydroxyl groups is 1. The van der Waals surface area contributed by atoms with Gasteiger partial charge in [-0.15, -0.1) is 0 Å². The first-order valence-corrected chi connectivity index (χ1v) is 9.74. The van der Waals surface area contributed by atoms with E-state index >= 15 is 0 Å². The minimum absolute atomic E-state index is 0.0569. The molecule has 1 aliphatic heterocycles. The van der Waals surface area contributed by atoms with Gasteiger partial charge >= 0.3 is 0 Å². The van der Waals surface area contributed by atoms with Gasteiger partial charge in [-0.05, 0) is 54.0 Å². The Balaban J connectivity index is 1.99. The molecule has 1 heterocycles. The molecule has 3 unspecified atom stereocenters. The van der Waals surface area contributed by atoms with Gasteiger partial charge in [0.05, 0.1) is 4.83 Å². The fourth-order valence-corrected chi connectivity index (χ4v) is 6.61. The fraction of sp³-hybridized carbons (Fsp3) is 0.588. The van der Waals surface area contributed by atoms with Crippen molar-refractivity contribution in [3.63, 3.8) is 0 Å². The number of aromatic hydroxyl groups is 2. The summed E-state index contributed by atoms with van der Waals surface area (Å²) in [4.78, 5) is 14.5. The number of benzene rings is 1. The molecule has 5 atom stereocenters. The Morgan fingerprint density at radius 1 is 1.33 bits per heavy atom. The van der Waals surface area contributed by atoms with Crippen LogP contribution in [0.5, 0.6) is 11.5 Å². The number of hydrogen-bond acceptors (Lipinski definition) is 5. The van der Waals surface area contributed by atoms with Crippen LogP contribution in [0.2, 0.25) is 0 Å². The lowest BCUT2D eigenvalue weighted by Crippen LogP contribution is -2.69. The van der Waals surface area contributed by atoms with Gasteiger partial charge in [0.15, 0.2) is 21.8 Å². The molecular weight excluding hydrogens is 442 g/mol. The molecule has 1 saturated carbocycles. The molecule has 1 aromatic carbocycles. The molecule has 2 bridgehead atoms. The second-order valence-electron chi connectivity index (χ2n) is 7.33. The van der Waals surface area contributed by atoms with Crippen LogP contribution < -0.4 is 0 Å². The van der Waals surface area contributed by atoms with Gasteiger partial charge in [0.1, 0.15) is 0 Å². The number of rotatable bonds is 0. The Hall–Kier alpha value is -0.630. The monoisotopic (exact) mass is 459 g/mol. The van der Waals surface area contributed by atoms with E-state index in [1.807, 2.05) is 6.07 Å². The molecule has 2 aliphatic carbocycles. The van der Waals surface area contributed by atoms with Crippen LogP contribution in [0.4, 0.5) is 0 Å². The minimum Gasteiger partial charge on any atom is -0.504 e. The van der Waals surface area contributed by atoms with E-state index in [1.54, 1.807) is 0 Å². The first kappa shape index (κ1) is 16.8. The van der Waals surface area contributed by atoms with Crippen molar-refractivity contribution in [2.24, 2.45) is 5.92 Å². The third kappa shape index (κ3) is 1.95. The van der Waals surface area contributed by atoms with E-state index in [-0.39, 0.29) is 35.7 Å². The van der Waals surface area contributed by atoms with E-state index in [0.717, 1.165) is 12.1 Å². The Morgan fingerprint density at radius 3 is 2.75 bits per heavy atom. The molecule has 2 fully saturated rings. The quantitative estimate of drug-likeness (QED) is 0.407. The van der Waals surface area contributed by atoms with E-state index in [9.17, 15) is 20.1 Å². The molecule has 0 spiro atoms. The number of phenols is 2. The average molecular weight is 461 g/mol. The van der Waals surface area contributed by atoms with Crippen LogP contribution in [0.25, 0.3) is 0 Å². The molecule has 0 aromatic heterocycles. The number of Topliss-reactive ketones (excluding diaryl/α,β-unsaturated/α-hetero) is 1. The van der Waals surface area contributed by atoms with E-state index in [4.69, 9.17) is 0 Å². The van der Waals surface area contributed by atoms with Gasteiger partial charge in [-0.3, -0.25) is 4.79 Å². The summed E-state index contributed by atoms with van der Waals surface area (Å²) < 4.78 is -1.61. The molecule has 1 saturated heterocycles. The normalized spacial score (nSPS) is 41.7. The van der Waals surface area contributed by atoms with Crippen LogP contribution in [0.3, 0.4) is 0 Å². The van der Waals surface area contributed by atoms with Crippen LogP contribution in [0.1, 0.15) is 24.0 Å². The molecular formula is C17H19Br2NO4. The van der Waals surface area contributed by atoms with Crippen LogP contribution in [-0.4, -0.2) is 55.0 Å². The minimum atomic E-state index is -1.61. The first-order valence-electron chi connectivity index (χ1n) is 8.03. The number of carbonyl (C=O) groups excluding carboxylic acids is 1. The Bertz CT molecular complexity index is 738. The number of fused-ring (bicyclic) bond motifs is 1. The second-order valence-corrected chi connectivity index (χ2v) is 9.52. The Labute approximate surface area is 156 Å². The molecule has 5 nitrogen and oxygen atoms in total. The average Bonchev–Trinajstić information content (AvgIpc) is 2.52. The third-order valence-corrected chi connectivity index (χ3v) is 9.03. The molecule has 0 amide bonds. The van der Waals surface area contributed by atoms with Crippen LogP contribution >= 0.6 is 31.9 Å². The van der Waals surface area contributed by atoms with Crippen molar-refractivity contribution in [2.75, 3.05) is 13.6 Å². The molecule has 130 valence electrons. The molecule has 7 heteroatoms. The summed E-state index contributed by atoms with van der Waals surface area (Å²) in [6.07, 6.45) is 1.56. The number of carbonyl (C=O) groups is 1. The summed E-state index contributed by atoms with van der Waals surface area (Å²) in [6, 6.07) is 3.51. The van der Waals surface area contributed by atoms with Gasteiger partial charge in [0, 0.05) is 29.4 Å². The zero-order chi connectivity index (χ0) is 17.4. The first-order chi connectivity index (χ1) is 11.2. The topological polar surface area (TPSA) is 81.0 Å². The van der Waals surface area contributed by atoms with E-state index in [2.05, 4.69) is 43.8 Å². The van der Waals surface area contributed by atoms with Gasteiger partial charge in [-0.1, -0.05) is 22.0 Å². The number of phenolic OH excluding ortho intramolecular Hbond substituents is 2. The van der Waals surface area contributed by atoms with Crippen LogP contribution in [0, 0.1) is 5.92 Å². The summed E-state index contributed by atoms with van der Waals surface area (Å²) in [7, 11) is 2.06. The second kappa shape index (κ2) is 5.19. The van der Waals surface area contributed by atoms with Crippen molar-refractivity contribution >= 4 is 37.6 Å². The van der Waals surface area contributed by atoms with Crippen molar-refractivity contribution < 1.29 is 20.1 Å². The standard InChI is InChI=1S/C17H19Br2NO4/c1-20-5-4-16-7-11(22)17(19,24)15(18)13(16)9(20)6-8-2-3-10(21)14(23)12(8)16/h2-3,9,13,15,21,23-24H,4-7H2,1H3/t9-,13?,15?,16-,17?/m1/s1. The van der Waals surface area contributed by atoms with Crippen molar-refractivity contribution in [3.8, 4) is 11.5 Å². The number of alkyl halides is 2. The summed E-state index contributed by atoms with van der Waals surface area (Å²) in [5.74, 6) is -0.622. The predicted octanol–water partition coefficient (Wildman–Crippen LogP) is 2.03. The highest BCUT2D eigenvalue weighted by Gasteiger charge is 2.65. The highest BCUT2D eigenvalue weighted by atomic mass is 79.9. The number of likely N-dealkylation sites (N-methyl/N-ethyl adjacent to an activating group) is 1. The van der Waals surface area contributed by atoms with Crippen LogP contribution in [-0.2, 0) is 16.6 Å². The molecule has 3 aliphatic rings. The predicted molar refractivity (Wildman–Crippen MR) is 95.9 cm³/mol. The number of hydrogen-bond donors (Lipinski definition) is 3. The number of nitrogens with zero attached hydrogens (tertiary/aromatic N) is 1. The van der Waals surface area contributed by atoms with Gasteiger partial charge in [-0.25, -0.2) is 0 Å². The SMILES string of the molecule is CN1CC[C@]23CC(=O)C(O)(Br)C(Br)C2[C@H]1Cc1ccc(O)c(O)c13.